The maximum absolute atomic E-state index is 13.6. The molecule has 2 unspecified atom stereocenters. The fourth-order valence-electron chi connectivity index (χ4n) is 7.41. The topological polar surface area (TPSA) is 118 Å². The first-order valence-electron chi connectivity index (χ1n) is 27.3. The molecule has 0 aromatic heterocycles. The molecule has 0 aromatic carbocycles. The van der Waals surface area contributed by atoms with Crippen LogP contribution in [0.4, 0.5) is 4.79 Å². The Bertz CT molecular complexity index is 1210. The van der Waals surface area contributed by atoms with Crippen LogP contribution in [0, 0.1) is 0 Å². The molecular weight excluding hydrogens is 843 g/mol. The third-order valence-electron chi connectivity index (χ3n) is 11.6. The van der Waals surface area contributed by atoms with Gasteiger partial charge in [0, 0.05) is 19.4 Å². The Balaban J connectivity index is 5.12. The number of allylic oxidation sites excluding steroid dienone is 8. The van der Waals surface area contributed by atoms with Gasteiger partial charge in [0.25, 0.3) is 0 Å². The minimum Gasteiger partial charge on any atom is -0.462 e. The summed E-state index contributed by atoms with van der Waals surface area (Å²) in [5.74, 6) is -1.56. The molecule has 0 saturated carbocycles. The highest BCUT2D eigenvalue weighted by Crippen LogP contribution is 2.16. The van der Waals surface area contributed by atoms with Crippen LogP contribution in [0.25, 0.3) is 0 Å². The molecule has 0 aliphatic carbocycles. The molecule has 2 atom stereocenters. The minimum atomic E-state index is -1.20. The van der Waals surface area contributed by atoms with Crippen molar-refractivity contribution in [2.75, 3.05) is 40.5 Å². The molecule has 0 saturated heterocycles. The molecule has 0 aromatic rings. The molecule has 0 heterocycles. The van der Waals surface area contributed by atoms with Crippen LogP contribution in [0.15, 0.2) is 48.6 Å². The summed E-state index contributed by atoms with van der Waals surface area (Å²) in [5.41, 5.74) is 0. The van der Waals surface area contributed by atoms with Crippen LogP contribution in [0.2, 0.25) is 0 Å². The number of hydrogen-bond donors (Lipinski definition) is 0. The van der Waals surface area contributed by atoms with E-state index in [0.717, 1.165) is 103 Å². The molecular formula is C57H101NO9. The Kier molecular flexibility index (Phi) is 47.9. The number of nitrogens with zero attached hydrogens (tertiary/aromatic N) is 1. The second-order valence-electron chi connectivity index (χ2n) is 18.5. The summed E-state index contributed by atoms with van der Waals surface area (Å²) in [6, 6.07) is 0. The first-order chi connectivity index (χ1) is 32.7. The van der Waals surface area contributed by atoms with Crippen LogP contribution in [0.1, 0.15) is 239 Å². The van der Waals surface area contributed by atoms with Gasteiger partial charge in [-0.25, -0.2) is 9.59 Å². The van der Waals surface area contributed by atoms with Gasteiger partial charge in [-0.3, -0.25) is 9.59 Å². The summed E-state index contributed by atoms with van der Waals surface area (Å²) in [7, 11) is 3.88. The van der Waals surface area contributed by atoms with E-state index in [9.17, 15) is 19.2 Å². The summed E-state index contributed by atoms with van der Waals surface area (Å²) in [5, 5.41) is 0. The second kappa shape index (κ2) is 50.5. The lowest BCUT2D eigenvalue weighted by Crippen LogP contribution is -2.37. The molecule has 0 aliphatic rings. The Morgan fingerprint density at radius 2 is 0.821 bits per heavy atom. The van der Waals surface area contributed by atoms with Gasteiger partial charge in [-0.2, -0.15) is 0 Å². The molecule has 0 amide bonds. The van der Waals surface area contributed by atoms with Crippen LogP contribution < -0.4 is 0 Å². The molecule has 0 bridgehead atoms. The number of carbonyl (C=O) groups is 4. The number of ether oxygens (including phenoxy) is 5. The molecule has 388 valence electrons. The van der Waals surface area contributed by atoms with Crippen LogP contribution in [0.5, 0.6) is 0 Å². The first-order valence-corrected chi connectivity index (χ1v) is 27.3. The van der Waals surface area contributed by atoms with Crippen molar-refractivity contribution in [2.24, 2.45) is 0 Å². The average Bonchev–Trinajstić information content (AvgIpc) is 3.31. The Hall–Kier alpha value is -3.40. The zero-order valence-electron chi connectivity index (χ0n) is 43.8. The van der Waals surface area contributed by atoms with E-state index in [-0.39, 0.29) is 39.1 Å². The summed E-state index contributed by atoms with van der Waals surface area (Å²) in [6.45, 7) is 7.03. The standard InChI is InChI=1S/C57H101NO9/c1-6-9-12-15-18-21-23-25-27-29-31-33-36-39-42-46-54(59)64-50-52(51-65-55(60)47-43-40-37-34-32-30-28-26-24-22-19-16-13-10-7-2)66-56(61)53(45-41-38-35-20-17-14-11-8-3)67-57(62)63-49-44-48-58(4)5/h18-19,21-22,25-28,52-53H,6-17,20,23-24,29-51H2,1-5H3/b21-18-,22-19?,27-25-,28-26?. The van der Waals surface area contributed by atoms with E-state index in [4.69, 9.17) is 23.7 Å². The van der Waals surface area contributed by atoms with Gasteiger partial charge in [0.2, 0.25) is 6.10 Å². The lowest BCUT2D eigenvalue weighted by Gasteiger charge is -2.22. The predicted octanol–water partition coefficient (Wildman–Crippen LogP) is 15.6. The fraction of sp³-hybridized carbons (Fsp3) is 0.789. The molecule has 0 radical (unpaired) electrons. The monoisotopic (exact) mass is 944 g/mol. The molecule has 0 N–H and O–H groups in total. The largest absolute Gasteiger partial charge is 0.509 e. The smallest absolute Gasteiger partial charge is 0.462 e. The van der Waals surface area contributed by atoms with Crippen LogP contribution >= 0.6 is 0 Å². The number of carbonyl (C=O) groups excluding carboxylic acids is 4. The average molecular weight is 944 g/mol. The van der Waals surface area contributed by atoms with Crippen molar-refractivity contribution >= 4 is 24.1 Å². The molecule has 0 spiro atoms. The molecule has 10 nitrogen and oxygen atoms in total. The summed E-state index contributed by atoms with van der Waals surface area (Å²) < 4.78 is 27.8. The van der Waals surface area contributed by atoms with Gasteiger partial charge in [-0.1, -0.05) is 179 Å². The van der Waals surface area contributed by atoms with E-state index in [0.29, 0.717) is 25.7 Å². The van der Waals surface area contributed by atoms with Crippen LogP contribution in [0.3, 0.4) is 0 Å². The quantitative estimate of drug-likeness (QED) is 0.0252. The molecule has 0 rings (SSSR count). The number of unbranched alkanes of at least 4 members (excludes halogenated alkanes) is 23. The number of esters is 3. The van der Waals surface area contributed by atoms with Crippen molar-refractivity contribution in [1.82, 2.24) is 4.90 Å². The maximum atomic E-state index is 13.6. The van der Waals surface area contributed by atoms with Crippen molar-refractivity contribution in [2.45, 2.75) is 251 Å². The summed E-state index contributed by atoms with van der Waals surface area (Å²) in [6.07, 6.45) is 48.7. The van der Waals surface area contributed by atoms with E-state index in [1.165, 1.54) is 77.0 Å². The van der Waals surface area contributed by atoms with E-state index in [1.54, 1.807) is 0 Å². The van der Waals surface area contributed by atoms with E-state index < -0.39 is 36.3 Å². The molecule has 0 fully saturated rings. The fourth-order valence-corrected chi connectivity index (χ4v) is 7.41. The highest BCUT2D eigenvalue weighted by Gasteiger charge is 2.29. The van der Waals surface area contributed by atoms with Crippen molar-refractivity contribution in [3.05, 3.63) is 48.6 Å². The van der Waals surface area contributed by atoms with Crippen molar-refractivity contribution in [1.29, 1.82) is 0 Å². The van der Waals surface area contributed by atoms with Crippen molar-refractivity contribution in [3.63, 3.8) is 0 Å². The van der Waals surface area contributed by atoms with Gasteiger partial charge >= 0.3 is 24.1 Å². The lowest BCUT2D eigenvalue weighted by atomic mass is 10.1. The molecule has 0 aliphatic heterocycles. The zero-order valence-corrected chi connectivity index (χ0v) is 43.8. The first kappa shape index (κ1) is 63.6. The Morgan fingerprint density at radius 3 is 1.27 bits per heavy atom. The van der Waals surface area contributed by atoms with Gasteiger partial charge < -0.3 is 28.6 Å². The third kappa shape index (κ3) is 47.5. The van der Waals surface area contributed by atoms with E-state index >= 15 is 0 Å². The highest BCUT2D eigenvalue weighted by molar-refractivity contribution is 5.77. The van der Waals surface area contributed by atoms with Gasteiger partial charge in [0.15, 0.2) is 6.10 Å². The summed E-state index contributed by atoms with van der Waals surface area (Å²) >= 11 is 0. The van der Waals surface area contributed by atoms with Crippen molar-refractivity contribution in [3.8, 4) is 0 Å². The second-order valence-corrected chi connectivity index (χ2v) is 18.5. The predicted molar refractivity (Wildman–Crippen MR) is 277 cm³/mol. The van der Waals surface area contributed by atoms with Crippen LogP contribution in [-0.4, -0.2) is 81.6 Å². The highest BCUT2D eigenvalue weighted by atomic mass is 16.7. The van der Waals surface area contributed by atoms with E-state index in [2.05, 4.69) is 69.4 Å². The van der Waals surface area contributed by atoms with Gasteiger partial charge in [-0.15, -0.1) is 0 Å². The number of rotatable bonds is 48. The van der Waals surface area contributed by atoms with Gasteiger partial charge in [0.1, 0.15) is 13.2 Å². The Labute approximate surface area is 410 Å². The molecule has 67 heavy (non-hydrogen) atoms. The van der Waals surface area contributed by atoms with Crippen LogP contribution in [-0.2, 0) is 38.1 Å². The maximum Gasteiger partial charge on any atom is 0.509 e. The summed E-state index contributed by atoms with van der Waals surface area (Å²) in [4.78, 5) is 54.0. The zero-order chi connectivity index (χ0) is 49.1. The van der Waals surface area contributed by atoms with Gasteiger partial charge in [0.05, 0.1) is 6.61 Å². The third-order valence-corrected chi connectivity index (χ3v) is 11.6. The minimum absolute atomic E-state index is 0.161. The van der Waals surface area contributed by atoms with Crippen molar-refractivity contribution < 1.29 is 42.9 Å². The van der Waals surface area contributed by atoms with E-state index in [1.807, 2.05) is 19.0 Å². The lowest BCUT2D eigenvalue weighted by molar-refractivity contribution is -0.174. The number of hydrogen-bond acceptors (Lipinski definition) is 10. The molecule has 10 heteroatoms. The SMILES string of the molecule is CCCCCC=CCC=CCCCCCCCC(=O)OCC(COC(=O)CCCCCCC/C=C\C/C=C\CCCCC)OC(=O)C(CCCCCCCCCC)OC(=O)OCCCN(C)C. The van der Waals surface area contributed by atoms with Gasteiger partial charge in [-0.05, 0) is 110 Å². The Morgan fingerprint density at radius 1 is 0.433 bits per heavy atom. The normalized spacial score (nSPS) is 12.7.